The summed E-state index contributed by atoms with van der Waals surface area (Å²) in [6.07, 6.45) is 52.0. The Morgan fingerprint density at radius 3 is 1.07 bits per heavy atom. The SMILES string of the molecule is CCCCCCCCCCCCCCCCCCNC(=O)CC[C@H](NC(=O)CCCCCCCCCCC)C(=O)OC(N)CCCCCCCCCCCCCCCCC. The molecule has 0 fully saturated rings. The van der Waals surface area contributed by atoms with Gasteiger partial charge in [-0.15, -0.1) is 0 Å². The average molecular weight is 848 g/mol. The van der Waals surface area contributed by atoms with Crippen LogP contribution in [0.2, 0.25) is 0 Å². The van der Waals surface area contributed by atoms with E-state index in [2.05, 4.69) is 31.4 Å². The van der Waals surface area contributed by atoms with Crippen molar-refractivity contribution in [1.82, 2.24) is 10.6 Å². The average Bonchev–Trinajstić information content (AvgIpc) is 3.24. The van der Waals surface area contributed by atoms with E-state index in [0.29, 0.717) is 19.4 Å². The van der Waals surface area contributed by atoms with Gasteiger partial charge >= 0.3 is 5.97 Å². The van der Waals surface area contributed by atoms with Crippen molar-refractivity contribution in [2.45, 2.75) is 316 Å². The molecule has 0 bridgehead atoms. The summed E-state index contributed by atoms with van der Waals surface area (Å²) in [5.41, 5.74) is 6.26. The number of rotatable bonds is 49. The topological polar surface area (TPSA) is 111 Å². The predicted molar refractivity (Wildman–Crippen MR) is 259 cm³/mol. The maximum absolute atomic E-state index is 13.3. The standard InChI is InChI=1S/C53H105N3O4/c1-4-7-10-13-16-19-21-23-25-27-29-31-34-37-40-43-48-55-51(57)47-46-49(56-52(58)45-42-39-36-32-18-15-12-9-6-3)53(59)60-50(54)44-41-38-35-33-30-28-26-24-22-20-17-14-11-8-5-2/h49-50H,4-48,54H2,1-3H3,(H,55,57)(H,56,58)/t49-,50?/m0/s1. The summed E-state index contributed by atoms with van der Waals surface area (Å²) in [5, 5.41) is 5.93. The first-order valence-electron chi connectivity index (χ1n) is 27.0. The maximum atomic E-state index is 13.3. The summed E-state index contributed by atoms with van der Waals surface area (Å²) in [5.74, 6) is -0.747. The minimum Gasteiger partial charge on any atom is -0.445 e. The van der Waals surface area contributed by atoms with Gasteiger partial charge in [-0.2, -0.15) is 0 Å². The molecule has 0 rings (SSSR count). The lowest BCUT2D eigenvalue weighted by Gasteiger charge is -2.20. The van der Waals surface area contributed by atoms with Gasteiger partial charge in [0.05, 0.1) is 0 Å². The van der Waals surface area contributed by atoms with E-state index in [4.69, 9.17) is 10.5 Å². The molecule has 0 aromatic rings. The minimum atomic E-state index is -0.857. The van der Waals surface area contributed by atoms with Gasteiger partial charge in [-0.1, -0.05) is 258 Å². The Bertz CT molecular complexity index is 915. The van der Waals surface area contributed by atoms with Crippen LogP contribution in [-0.2, 0) is 19.1 Å². The molecule has 0 heterocycles. The molecule has 60 heavy (non-hydrogen) atoms. The Morgan fingerprint density at radius 2 is 0.700 bits per heavy atom. The van der Waals surface area contributed by atoms with Gasteiger partial charge in [-0.25, -0.2) is 4.79 Å². The van der Waals surface area contributed by atoms with Gasteiger partial charge < -0.3 is 15.4 Å². The molecule has 0 radical (unpaired) electrons. The van der Waals surface area contributed by atoms with E-state index in [9.17, 15) is 14.4 Å². The summed E-state index contributed by atoms with van der Waals surface area (Å²) >= 11 is 0. The van der Waals surface area contributed by atoms with Gasteiger partial charge in [0.15, 0.2) is 6.23 Å². The van der Waals surface area contributed by atoms with Crippen LogP contribution in [0.1, 0.15) is 303 Å². The van der Waals surface area contributed by atoms with Crippen molar-refractivity contribution in [2.75, 3.05) is 6.54 Å². The van der Waals surface area contributed by atoms with Crippen molar-refractivity contribution >= 4 is 17.8 Å². The van der Waals surface area contributed by atoms with E-state index in [1.54, 1.807) is 0 Å². The van der Waals surface area contributed by atoms with Gasteiger partial charge in [0.25, 0.3) is 0 Å². The van der Waals surface area contributed by atoms with Crippen molar-refractivity contribution in [3.8, 4) is 0 Å². The normalized spacial score (nSPS) is 12.4. The molecule has 0 aliphatic rings. The monoisotopic (exact) mass is 848 g/mol. The number of nitrogens with one attached hydrogen (secondary N) is 2. The molecule has 7 nitrogen and oxygen atoms in total. The molecule has 0 aromatic heterocycles. The number of hydrogen-bond donors (Lipinski definition) is 3. The lowest BCUT2D eigenvalue weighted by Crippen LogP contribution is -2.44. The van der Waals surface area contributed by atoms with Crippen molar-refractivity contribution in [2.24, 2.45) is 5.73 Å². The molecule has 0 aromatic carbocycles. The van der Waals surface area contributed by atoms with Crippen LogP contribution >= 0.6 is 0 Å². The molecule has 0 saturated carbocycles. The quantitative estimate of drug-likeness (QED) is 0.0321. The van der Waals surface area contributed by atoms with Crippen LogP contribution in [-0.4, -0.2) is 36.6 Å². The van der Waals surface area contributed by atoms with Crippen LogP contribution in [0.3, 0.4) is 0 Å². The van der Waals surface area contributed by atoms with E-state index in [1.807, 2.05) is 0 Å². The molecule has 7 heteroatoms. The van der Waals surface area contributed by atoms with Gasteiger partial charge in [-0.05, 0) is 32.1 Å². The first kappa shape index (κ1) is 58.4. The summed E-state index contributed by atoms with van der Waals surface area (Å²) in [4.78, 5) is 38.9. The van der Waals surface area contributed by atoms with Crippen molar-refractivity contribution in [1.29, 1.82) is 0 Å². The molecule has 0 spiro atoms. The van der Waals surface area contributed by atoms with Gasteiger partial charge in [-0.3, -0.25) is 15.3 Å². The number of unbranched alkanes of at least 4 members (excludes halogenated alkanes) is 37. The first-order valence-corrected chi connectivity index (χ1v) is 27.0. The van der Waals surface area contributed by atoms with Crippen LogP contribution in [0.15, 0.2) is 0 Å². The number of nitrogens with two attached hydrogens (primary N) is 1. The molecule has 1 unspecified atom stereocenters. The van der Waals surface area contributed by atoms with Gasteiger partial charge in [0.1, 0.15) is 6.04 Å². The van der Waals surface area contributed by atoms with Crippen molar-refractivity contribution in [3.05, 3.63) is 0 Å². The largest absolute Gasteiger partial charge is 0.445 e. The van der Waals surface area contributed by atoms with Gasteiger partial charge in [0, 0.05) is 19.4 Å². The predicted octanol–water partition coefficient (Wildman–Crippen LogP) is 15.6. The molecular formula is C53H105N3O4. The highest BCUT2D eigenvalue weighted by Crippen LogP contribution is 2.17. The smallest absolute Gasteiger partial charge is 0.330 e. The minimum absolute atomic E-state index is 0.0796. The lowest BCUT2D eigenvalue weighted by atomic mass is 10.0. The number of carbonyl (C=O) groups is 3. The Balaban J connectivity index is 4.34. The van der Waals surface area contributed by atoms with Crippen LogP contribution < -0.4 is 16.4 Å². The Morgan fingerprint density at radius 1 is 0.383 bits per heavy atom. The van der Waals surface area contributed by atoms with E-state index in [-0.39, 0.29) is 24.7 Å². The number of amides is 2. The third kappa shape index (κ3) is 44.4. The Kier molecular flexibility index (Phi) is 47.1. The maximum Gasteiger partial charge on any atom is 0.330 e. The van der Waals surface area contributed by atoms with Crippen LogP contribution in [0, 0.1) is 0 Å². The van der Waals surface area contributed by atoms with E-state index >= 15 is 0 Å². The van der Waals surface area contributed by atoms with E-state index < -0.39 is 18.2 Å². The molecule has 0 aliphatic carbocycles. The third-order valence-corrected chi connectivity index (χ3v) is 12.5. The second-order valence-corrected chi connectivity index (χ2v) is 18.6. The summed E-state index contributed by atoms with van der Waals surface area (Å²) in [6.45, 7) is 7.45. The zero-order chi connectivity index (χ0) is 43.8. The fourth-order valence-electron chi connectivity index (χ4n) is 8.38. The van der Waals surface area contributed by atoms with Crippen LogP contribution in [0.4, 0.5) is 0 Å². The third-order valence-electron chi connectivity index (χ3n) is 12.5. The Labute approximate surface area is 374 Å². The molecule has 356 valence electrons. The summed E-state index contributed by atoms with van der Waals surface area (Å²) < 4.78 is 5.65. The highest BCUT2D eigenvalue weighted by molar-refractivity contribution is 5.85. The molecule has 4 N–H and O–H groups in total. The molecule has 0 saturated heterocycles. The fraction of sp³-hybridized carbons (Fsp3) is 0.943. The second-order valence-electron chi connectivity index (χ2n) is 18.6. The van der Waals surface area contributed by atoms with E-state index in [1.165, 1.54) is 212 Å². The molecule has 2 amide bonds. The molecular weight excluding hydrogens is 743 g/mol. The summed E-state index contributed by atoms with van der Waals surface area (Å²) in [6, 6.07) is -0.857. The molecule has 2 atom stereocenters. The van der Waals surface area contributed by atoms with Crippen LogP contribution in [0.25, 0.3) is 0 Å². The van der Waals surface area contributed by atoms with Gasteiger partial charge in [0.2, 0.25) is 11.8 Å². The number of carbonyl (C=O) groups excluding carboxylic acids is 3. The Hall–Kier alpha value is -1.63. The number of ether oxygens (including phenoxy) is 1. The highest BCUT2D eigenvalue weighted by Gasteiger charge is 2.25. The first-order chi connectivity index (χ1) is 29.4. The van der Waals surface area contributed by atoms with Crippen molar-refractivity contribution in [3.63, 3.8) is 0 Å². The second kappa shape index (κ2) is 48.4. The summed E-state index contributed by atoms with van der Waals surface area (Å²) in [7, 11) is 0. The van der Waals surface area contributed by atoms with Crippen LogP contribution in [0.5, 0.6) is 0 Å². The number of hydrogen-bond acceptors (Lipinski definition) is 5. The van der Waals surface area contributed by atoms with E-state index in [0.717, 1.165) is 44.9 Å². The van der Waals surface area contributed by atoms with Crippen molar-refractivity contribution < 1.29 is 19.1 Å². The fourth-order valence-corrected chi connectivity index (χ4v) is 8.38. The number of esters is 1. The lowest BCUT2D eigenvalue weighted by molar-refractivity contribution is -0.153. The zero-order valence-electron chi connectivity index (χ0n) is 40.7. The molecule has 0 aliphatic heterocycles. The highest BCUT2D eigenvalue weighted by atomic mass is 16.6. The zero-order valence-corrected chi connectivity index (χ0v) is 40.7.